The average molecular weight is 375 g/mol. The maximum atomic E-state index is 5.58. The van der Waals surface area contributed by atoms with E-state index in [9.17, 15) is 0 Å². The van der Waals surface area contributed by atoms with Crippen LogP contribution >= 0.6 is 12.4 Å². The zero-order chi connectivity index (χ0) is 17.5. The van der Waals surface area contributed by atoms with Gasteiger partial charge in [-0.15, -0.1) is 12.4 Å². The number of hydrogen-bond donors (Lipinski definition) is 2. The smallest absolute Gasteiger partial charge is 0.126 e. The summed E-state index contributed by atoms with van der Waals surface area (Å²) in [6, 6.07) is 17.5. The Morgan fingerprint density at radius 2 is 1.96 bits per heavy atom. The summed E-state index contributed by atoms with van der Waals surface area (Å²) in [5.74, 6) is 1.63. The first kappa shape index (κ1) is 20.6. The summed E-state index contributed by atoms with van der Waals surface area (Å²) >= 11 is 0. The highest BCUT2D eigenvalue weighted by molar-refractivity contribution is 5.85. The van der Waals surface area contributed by atoms with Crippen molar-refractivity contribution in [3.05, 3.63) is 48.5 Å². The van der Waals surface area contributed by atoms with Crippen LogP contribution in [0.4, 0.5) is 5.69 Å². The van der Waals surface area contributed by atoms with E-state index in [-0.39, 0.29) is 12.4 Å². The van der Waals surface area contributed by atoms with E-state index in [1.807, 2.05) is 6.07 Å². The fourth-order valence-electron chi connectivity index (χ4n) is 3.74. The van der Waals surface area contributed by atoms with Crippen molar-refractivity contribution in [2.75, 3.05) is 25.5 Å². The molecular formula is C22H31ClN2O. The predicted molar refractivity (Wildman–Crippen MR) is 114 cm³/mol. The van der Waals surface area contributed by atoms with E-state index in [0.29, 0.717) is 12.0 Å². The molecule has 142 valence electrons. The van der Waals surface area contributed by atoms with Crippen LogP contribution in [0, 0.1) is 5.92 Å². The van der Waals surface area contributed by atoms with Crippen molar-refractivity contribution in [1.29, 1.82) is 0 Å². The highest BCUT2D eigenvalue weighted by Gasteiger charge is 2.24. The Bertz CT molecular complexity index is 662. The fraction of sp³-hybridized carbons (Fsp3) is 0.455. The molecule has 3 rings (SSSR count). The number of hydrogen-bond acceptors (Lipinski definition) is 3. The quantitative estimate of drug-likeness (QED) is 0.684. The molecule has 0 aromatic heterocycles. The molecule has 1 fully saturated rings. The van der Waals surface area contributed by atoms with E-state index in [0.717, 1.165) is 24.4 Å². The number of unbranched alkanes of at least 4 members (excludes halogenated alkanes) is 1. The molecule has 1 aliphatic heterocycles. The second kappa shape index (κ2) is 10.4. The number of piperidine rings is 1. The Labute approximate surface area is 163 Å². The molecule has 2 aromatic carbocycles. The normalized spacial score (nSPS) is 19.5. The zero-order valence-electron chi connectivity index (χ0n) is 15.8. The number of rotatable bonds is 7. The maximum absolute atomic E-state index is 5.58. The monoisotopic (exact) mass is 374 g/mol. The molecule has 3 nitrogen and oxygen atoms in total. The molecule has 2 unspecified atom stereocenters. The van der Waals surface area contributed by atoms with Gasteiger partial charge in [-0.1, -0.05) is 50.1 Å². The second-order valence-electron chi connectivity index (χ2n) is 6.93. The molecule has 1 heterocycles. The summed E-state index contributed by atoms with van der Waals surface area (Å²) in [5.41, 5.74) is 3.52. The Kier molecular flexibility index (Phi) is 8.27. The third kappa shape index (κ3) is 5.15. The highest BCUT2D eigenvalue weighted by atomic mass is 35.5. The molecule has 2 atom stereocenters. The van der Waals surface area contributed by atoms with Crippen LogP contribution in [0.3, 0.4) is 0 Å². The Morgan fingerprint density at radius 3 is 2.69 bits per heavy atom. The molecule has 4 heteroatoms. The van der Waals surface area contributed by atoms with Crippen molar-refractivity contribution in [3.63, 3.8) is 0 Å². The van der Waals surface area contributed by atoms with Gasteiger partial charge in [-0.05, 0) is 55.6 Å². The predicted octanol–water partition coefficient (Wildman–Crippen LogP) is 5.36. The van der Waals surface area contributed by atoms with E-state index in [1.54, 1.807) is 7.11 Å². The minimum atomic E-state index is 0. The van der Waals surface area contributed by atoms with Crippen LogP contribution in [-0.4, -0.2) is 26.2 Å². The topological polar surface area (TPSA) is 33.3 Å². The van der Waals surface area contributed by atoms with Gasteiger partial charge < -0.3 is 15.4 Å². The molecule has 1 aliphatic rings. The van der Waals surface area contributed by atoms with Gasteiger partial charge in [0, 0.05) is 17.3 Å². The van der Waals surface area contributed by atoms with Crippen LogP contribution in [0.2, 0.25) is 0 Å². The van der Waals surface area contributed by atoms with Crippen LogP contribution < -0.4 is 15.4 Å². The SMILES string of the molecule is CCCCC1CNCCC1Nc1ccc(OC)c(-c2ccccc2)c1.Cl. The summed E-state index contributed by atoms with van der Waals surface area (Å²) < 4.78 is 5.58. The van der Waals surface area contributed by atoms with Gasteiger partial charge in [0.25, 0.3) is 0 Å². The first-order chi connectivity index (χ1) is 12.3. The van der Waals surface area contributed by atoms with Crippen LogP contribution in [0.25, 0.3) is 11.1 Å². The van der Waals surface area contributed by atoms with Crippen molar-refractivity contribution in [1.82, 2.24) is 5.32 Å². The molecule has 0 saturated carbocycles. The summed E-state index contributed by atoms with van der Waals surface area (Å²) in [6.07, 6.45) is 5.05. The lowest BCUT2D eigenvalue weighted by Gasteiger charge is -2.33. The van der Waals surface area contributed by atoms with Crippen molar-refractivity contribution in [2.24, 2.45) is 5.92 Å². The molecule has 0 bridgehead atoms. The number of anilines is 1. The van der Waals surface area contributed by atoms with E-state index in [2.05, 4.69) is 60.0 Å². The van der Waals surface area contributed by atoms with Gasteiger partial charge in [-0.3, -0.25) is 0 Å². The van der Waals surface area contributed by atoms with Crippen LogP contribution in [0.5, 0.6) is 5.75 Å². The Hall–Kier alpha value is -1.71. The molecule has 0 radical (unpaired) electrons. The van der Waals surface area contributed by atoms with E-state index in [1.165, 1.54) is 36.9 Å². The summed E-state index contributed by atoms with van der Waals surface area (Å²) in [5, 5.41) is 7.36. The Morgan fingerprint density at radius 1 is 1.15 bits per heavy atom. The second-order valence-corrected chi connectivity index (χ2v) is 6.93. The zero-order valence-corrected chi connectivity index (χ0v) is 16.6. The molecule has 1 saturated heterocycles. The molecule has 0 aliphatic carbocycles. The van der Waals surface area contributed by atoms with Crippen LogP contribution in [-0.2, 0) is 0 Å². The number of ether oxygens (including phenoxy) is 1. The van der Waals surface area contributed by atoms with Crippen LogP contribution in [0.1, 0.15) is 32.6 Å². The van der Waals surface area contributed by atoms with E-state index in [4.69, 9.17) is 4.74 Å². The molecule has 0 amide bonds. The summed E-state index contributed by atoms with van der Waals surface area (Å²) in [4.78, 5) is 0. The van der Waals surface area contributed by atoms with Gasteiger partial charge in [0.15, 0.2) is 0 Å². The van der Waals surface area contributed by atoms with E-state index < -0.39 is 0 Å². The van der Waals surface area contributed by atoms with Gasteiger partial charge in [0.1, 0.15) is 5.75 Å². The van der Waals surface area contributed by atoms with Crippen molar-refractivity contribution in [3.8, 4) is 16.9 Å². The average Bonchev–Trinajstić information content (AvgIpc) is 2.68. The Balaban J connectivity index is 0.00000243. The van der Waals surface area contributed by atoms with Gasteiger partial charge in [-0.25, -0.2) is 0 Å². The molecule has 2 aromatic rings. The third-order valence-electron chi connectivity index (χ3n) is 5.17. The van der Waals surface area contributed by atoms with Crippen LogP contribution in [0.15, 0.2) is 48.5 Å². The minimum Gasteiger partial charge on any atom is -0.496 e. The summed E-state index contributed by atoms with van der Waals surface area (Å²) in [6.45, 7) is 4.50. The first-order valence-corrected chi connectivity index (χ1v) is 9.52. The number of benzene rings is 2. The van der Waals surface area contributed by atoms with Crippen molar-refractivity contribution < 1.29 is 4.74 Å². The fourth-order valence-corrected chi connectivity index (χ4v) is 3.74. The number of methoxy groups -OCH3 is 1. The standard InChI is InChI=1S/C22H30N2O.ClH/c1-3-4-8-18-16-23-14-13-21(18)24-19-11-12-22(25-2)20(15-19)17-9-6-5-7-10-17;/h5-7,9-12,15,18,21,23-24H,3-4,8,13-14,16H2,1-2H3;1H. The molecule has 26 heavy (non-hydrogen) atoms. The molecule has 0 spiro atoms. The largest absolute Gasteiger partial charge is 0.496 e. The lowest BCUT2D eigenvalue weighted by atomic mass is 9.88. The number of nitrogens with one attached hydrogen (secondary N) is 2. The lowest BCUT2D eigenvalue weighted by molar-refractivity contribution is 0.319. The van der Waals surface area contributed by atoms with Crippen molar-refractivity contribution >= 4 is 18.1 Å². The van der Waals surface area contributed by atoms with E-state index >= 15 is 0 Å². The molecular weight excluding hydrogens is 344 g/mol. The van der Waals surface area contributed by atoms with Gasteiger partial charge in [0.2, 0.25) is 0 Å². The van der Waals surface area contributed by atoms with Crippen molar-refractivity contribution in [2.45, 2.75) is 38.6 Å². The van der Waals surface area contributed by atoms with Gasteiger partial charge in [0.05, 0.1) is 7.11 Å². The maximum Gasteiger partial charge on any atom is 0.126 e. The lowest BCUT2D eigenvalue weighted by Crippen LogP contribution is -2.43. The molecule has 2 N–H and O–H groups in total. The number of halogens is 1. The van der Waals surface area contributed by atoms with Gasteiger partial charge in [-0.2, -0.15) is 0 Å². The summed E-state index contributed by atoms with van der Waals surface area (Å²) in [7, 11) is 1.74. The highest BCUT2D eigenvalue weighted by Crippen LogP contribution is 2.33. The minimum absolute atomic E-state index is 0. The van der Waals surface area contributed by atoms with Gasteiger partial charge >= 0.3 is 0 Å². The first-order valence-electron chi connectivity index (χ1n) is 9.52. The third-order valence-corrected chi connectivity index (χ3v) is 5.17.